The molecular formula is C22H23N5O3. The molecule has 3 amide bonds. The summed E-state index contributed by atoms with van der Waals surface area (Å²) in [7, 11) is 0. The number of hydrogen-bond acceptors (Lipinski definition) is 6. The van der Waals surface area contributed by atoms with E-state index in [0.717, 1.165) is 27.2 Å². The molecule has 2 heterocycles. The molecule has 1 saturated heterocycles. The molecule has 8 heteroatoms. The highest BCUT2D eigenvalue weighted by Crippen LogP contribution is 2.32. The van der Waals surface area contributed by atoms with Gasteiger partial charge >= 0.3 is 0 Å². The summed E-state index contributed by atoms with van der Waals surface area (Å²) in [5.74, 6) is -1.17. The van der Waals surface area contributed by atoms with E-state index in [1.165, 1.54) is 5.01 Å². The standard InChI is InChI=1S/C22H23N5O3/c1-12-8-9-16(10-14(12)3)27-21(29)19-20(22(27)30)26(25-24-19)11-18(28)23-17-7-5-6-13(2)15(17)4/h5-10,19-20H,11H2,1-4H3,(H,23,28)/t19-,20-/m0/s1. The second-order valence-corrected chi connectivity index (χ2v) is 7.77. The lowest BCUT2D eigenvalue weighted by molar-refractivity contribution is -0.123. The maximum atomic E-state index is 13.1. The van der Waals surface area contributed by atoms with Gasteiger partial charge in [-0.3, -0.25) is 19.4 Å². The summed E-state index contributed by atoms with van der Waals surface area (Å²) in [6, 6.07) is 9.25. The Labute approximate surface area is 174 Å². The fraction of sp³-hybridized carbons (Fsp3) is 0.318. The van der Waals surface area contributed by atoms with E-state index in [1.807, 2.05) is 52.0 Å². The van der Waals surface area contributed by atoms with Crippen molar-refractivity contribution < 1.29 is 14.4 Å². The summed E-state index contributed by atoms with van der Waals surface area (Å²) in [6.45, 7) is 7.61. The molecule has 0 unspecified atom stereocenters. The molecule has 154 valence electrons. The third-order valence-electron chi connectivity index (χ3n) is 5.79. The molecule has 0 bridgehead atoms. The van der Waals surface area contributed by atoms with Gasteiger partial charge in [0.2, 0.25) is 5.91 Å². The number of imide groups is 1. The molecule has 1 N–H and O–H groups in total. The van der Waals surface area contributed by atoms with Crippen molar-refractivity contribution in [2.75, 3.05) is 16.8 Å². The van der Waals surface area contributed by atoms with E-state index in [1.54, 1.807) is 12.1 Å². The minimum absolute atomic E-state index is 0.169. The monoisotopic (exact) mass is 405 g/mol. The van der Waals surface area contributed by atoms with Gasteiger partial charge in [-0.05, 0) is 68.1 Å². The third-order valence-corrected chi connectivity index (χ3v) is 5.79. The normalized spacial score (nSPS) is 20.1. The highest BCUT2D eigenvalue weighted by Gasteiger charge is 2.55. The minimum Gasteiger partial charge on any atom is -0.324 e. The van der Waals surface area contributed by atoms with Gasteiger partial charge in [0, 0.05) is 5.69 Å². The Balaban J connectivity index is 1.51. The van der Waals surface area contributed by atoms with E-state index in [4.69, 9.17) is 0 Å². The molecule has 0 aromatic heterocycles. The largest absolute Gasteiger partial charge is 0.324 e. The van der Waals surface area contributed by atoms with E-state index in [2.05, 4.69) is 15.7 Å². The summed E-state index contributed by atoms with van der Waals surface area (Å²) in [4.78, 5) is 39.6. The summed E-state index contributed by atoms with van der Waals surface area (Å²) < 4.78 is 0. The second kappa shape index (κ2) is 7.37. The first-order valence-corrected chi connectivity index (χ1v) is 9.76. The summed E-state index contributed by atoms with van der Waals surface area (Å²) in [6.07, 6.45) is 0. The van der Waals surface area contributed by atoms with E-state index >= 15 is 0 Å². The minimum atomic E-state index is -0.924. The zero-order valence-electron chi connectivity index (χ0n) is 17.3. The predicted molar refractivity (Wildman–Crippen MR) is 112 cm³/mol. The molecule has 2 aliphatic rings. The maximum absolute atomic E-state index is 13.1. The van der Waals surface area contributed by atoms with Crippen LogP contribution in [-0.2, 0) is 14.4 Å². The average molecular weight is 405 g/mol. The number of carbonyl (C=O) groups is 3. The van der Waals surface area contributed by atoms with Gasteiger partial charge in [-0.15, -0.1) is 0 Å². The SMILES string of the molecule is Cc1ccc(N2C(=O)[C@H]3N=NN(CC(=O)Nc4cccc(C)c4C)[C@@H]3C2=O)cc1C. The molecular weight excluding hydrogens is 382 g/mol. The molecule has 8 nitrogen and oxygen atoms in total. The van der Waals surface area contributed by atoms with Crippen LogP contribution in [0.2, 0.25) is 0 Å². The van der Waals surface area contributed by atoms with Crippen molar-refractivity contribution in [3.8, 4) is 0 Å². The Morgan fingerprint density at radius 1 is 1.00 bits per heavy atom. The smallest absolute Gasteiger partial charge is 0.263 e. The van der Waals surface area contributed by atoms with Crippen molar-refractivity contribution in [2.24, 2.45) is 10.3 Å². The number of nitrogens with one attached hydrogen (secondary N) is 1. The van der Waals surface area contributed by atoms with Crippen LogP contribution in [0.25, 0.3) is 0 Å². The van der Waals surface area contributed by atoms with Gasteiger partial charge < -0.3 is 5.32 Å². The van der Waals surface area contributed by atoms with E-state index in [9.17, 15) is 14.4 Å². The van der Waals surface area contributed by atoms with Crippen LogP contribution < -0.4 is 10.2 Å². The summed E-state index contributed by atoms with van der Waals surface area (Å²) >= 11 is 0. The molecule has 1 fully saturated rings. The number of rotatable bonds is 4. The van der Waals surface area contributed by atoms with Crippen molar-refractivity contribution in [1.82, 2.24) is 5.01 Å². The maximum Gasteiger partial charge on any atom is 0.263 e. The van der Waals surface area contributed by atoms with Gasteiger partial charge in [0.05, 0.1) is 5.69 Å². The zero-order chi connectivity index (χ0) is 21.6. The number of nitrogens with zero attached hydrogens (tertiary/aromatic N) is 4. The van der Waals surface area contributed by atoms with E-state index in [0.29, 0.717) is 11.4 Å². The predicted octanol–water partition coefficient (Wildman–Crippen LogP) is 2.85. The molecule has 2 aromatic rings. The molecule has 4 rings (SSSR count). The highest BCUT2D eigenvalue weighted by molar-refractivity contribution is 6.25. The topological polar surface area (TPSA) is 94.4 Å². The summed E-state index contributed by atoms with van der Waals surface area (Å²) in [5.41, 5.74) is 5.31. The van der Waals surface area contributed by atoms with Crippen LogP contribution in [0, 0.1) is 27.7 Å². The lowest BCUT2D eigenvalue weighted by atomic mass is 10.1. The Morgan fingerprint density at radius 2 is 1.77 bits per heavy atom. The molecule has 2 atom stereocenters. The van der Waals surface area contributed by atoms with Gasteiger partial charge in [0.1, 0.15) is 6.54 Å². The van der Waals surface area contributed by atoms with Crippen LogP contribution in [0.3, 0.4) is 0 Å². The summed E-state index contributed by atoms with van der Waals surface area (Å²) in [5, 5.41) is 12.1. The third kappa shape index (κ3) is 3.24. The van der Waals surface area contributed by atoms with Crippen molar-refractivity contribution in [3.63, 3.8) is 0 Å². The number of carbonyl (C=O) groups excluding carboxylic acids is 3. The Hall–Kier alpha value is -3.55. The van der Waals surface area contributed by atoms with Crippen molar-refractivity contribution in [3.05, 3.63) is 58.7 Å². The molecule has 0 aliphatic carbocycles. The van der Waals surface area contributed by atoms with Gasteiger partial charge in [0.15, 0.2) is 12.1 Å². The van der Waals surface area contributed by atoms with Crippen LogP contribution in [0.5, 0.6) is 0 Å². The van der Waals surface area contributed by atoms with E-state index in [-0.39, 0.29) is 12.5 Å². The molecule has 2 aliphatic heterocycles. The Kier molecular flexibility index (Phi) is 4.85. The van der Waals surface area contributed by atoms with Crippen LogP contribution in [0.15, 0.2) is 46.7 Å². The quantitative estimate of drug-likeness (QED) is 0.792. The fourth-order valence-electron chi connectivity index (χ4n) is 3.70. The van der Waals surface area contributed by atoms with Crippen LogP contribution in [0.4, 0.5) is 11.4 Å². The molecule has 0 spiro atoms. The van der Waals surface area contributed by atoms with Gasteiger partial charge in [-0.25, -0.2) is 4.90 Å². The number of aryl methyl sites for hydroxylation is 3. The fourth-order valence-corrected chi connectivity index (χ4v) is 3.70. The van der Waals surface area contributed by atoms with Crippen LogP contribution in [0.1, 0.15) is 22.3 Å². The highest BCUT2D eigenvalue weighted by atomic mass is 16.2. The van der Waals surface area contributed by atoms with Crippen LogP contribution in [-0.4, -0.2) is 41.4 Å². The zero-order valence-corrected chi connectivity index (χ0v) is 17.3. The van der Waals surface area contributed by atoms with Crippen molar-refractivity contribution in [2.45, 2.75) is 39.8 Å². The van der Waals surface area contributed by atoms with E-state index < -0.39 is 23.9 Å². The number of anilines is 2. The number of fused-ring (bicyclic) bond motifs is 1. The van der Waals surface area contributed by atoms with Gasteiger partial charge in [-0.2, -0.15) is 5.11 Å². The molecule has 2 aromatic carbocycles. The van der Waals surface area contributed by atoms with Crippen molar-refractivity contribution >= 4 is 29.1 Å². The first-order chi connectivity index (χ1) is 14.3. The Morgan fingerprint density at radius 3 is 2.50 bits per heavy atom. The number of amides is 3. The first-order valence-electron chi connectivity index (χ1n) is 9.76. The Bertz CT molecular complexity index is 1090. The lowest BCUT2D eigenvalue weighted by Crippen LogP contribution is -2.43. The lowest BCUT2D eigenvalue weighted by Gasteiger charge is -2.21. The molecule has 0 radical (unpaired) electrons. The number of hydrogen-bond donors (Lipinski definition) is 1. The average Bonchev–Trinajstić information content (AvgIpc) is 3.21. The van der Waals surface area contributed by atoms with Gasteiger partial charge in [-0.1, -0.05) is 23.4 Å². The number of benzene rings is 2. The second-order valence-electron chi connectivity index (χ2n) is 7.77. The van der Waals surface area contributed by atoms with Crippen molar-refractivity contribution in [1.29, 1.82) is 0 Å². The van der Waals surface area contributed by atoms with Gasteiger partial charge in [0.25, 0.3) is 11.8 Å². The first kappa shape index (κ1) is 19.8. The molecule has 30 heavy (non-hydrogen) atoms. The molecule has 0 saturated carbocycles. The van der Waals surface area contributed by atoms with Crippen LogP contribution >= 0.6 is 0 Å².